The Morgan fingerprint density at radius 2 is 2.03 bits per heavy atom. The van der Waals surface area contributed by atoms with Crippen molar-refractivity contribution in [1.82, 2.24) is 20.1 Å². The number of thiazole rings is 1. The number of H-pyrrole nitrogens is 1. The molecule has 2 aromatic heterocycles. The number of carbonyl (C=O) groups excluding carboxylic acids is 2. The van der Waals surface area contributed by atoms with E-state index < -0.39 is 0 Å². The summed E-state index contributed by atoms with van der Waals surface area (Å²) in [4.78, 5) is 32.1. The van der Waals surface area contributed by atoms with Crippen LogP contribution in [0.2, 0.25) is 0 Å². The van der Waals surface area contributed by atoms with Gasteiger partial charge in [0.05, 0.1) is 17.9 Å². The molecule has 3 aromatic rings. The number of aromatic nitrogens is 3. The molecule has 2 aliphatic rings. The van der Waals surface area contributed by atoms with Gasteiger partial charge in [0.1, 0.15) is 11.5 Å². The molecule has 5 rings (SSSR count). The van der Waals surface area contributed by atoms with Crippen molar-refractivity contribution in [3.63, 3.8) is 0 Å². The summed E-state index contributed by atoms with van der Waals surface area (Å²) in [5.41, 5.74) is 2.66. The number of fused-ring (bicyclic) bond motifs is 1. The van der Waals surface area contributed by atoms with Crippen LogP contribution < -0.4 is 5.32 Å². The summed E-state index contributed by atoms with van der Waals surface area (Å²) in [7, 11) is 0. The Labute approximate surface area is 170 Å². The maximum absolute atomic E-state index is 13.1. The molecule has 2 amide bonds. The second-order valence-electron chi connectivity index (χ2n) is 7.30. The summed E-state index contributed by atoms with van der Waals surface area (Å²) >= 11 is 1.43. The Morgan fingerprint density at radius 1 is 1.24 bits per heavy atom. The number of aromatic amines is 1. The highest BCUT2D eigenvalue weighted by atomic mass is 32.1. The third-order valence-corrected chi connectivity index (χ3v) is 6.14. The molecule has 148 valence electrons. The number of anilines is 1. The Hall–Kier alpha value is -3.07. The zero-order valence-electron chi connectivity index (χ0n) is 15.4. The van der Waals surface area contributed by atoms with Crippen LogP contribution in [0, 0.1) is 11.7 Å². The van der Waals surface area contributed by atoms with Crippen molar-refractivity contribution >= 4 is 28.3 Å². The first-order chi connectivity index (χ1) is 14.1. The third kappa shape index (κ3) is 3.65. The topological polar surface area (TPSA) is 91.0 Å². The Bertz CT molecular complexity index is 1090. The van der Waals surface area contributed by atoms with Crippen LogP contribution in [0.4, 0.5) is 9.52 Å². The number of halogens is 1. The fourth-order valence-electron chi connectivity index (χ4n) is 3.35. The summed E-state index contributed by atoms with van der Waals surface area (Å²) in [6.45, 7) is 1.01. The Balaban J connectivity index is 1.29. The van der Waals surface area contributed by atoms with E-state index in [0.717, 1.165) is 29.0 Å². The van der Waals surface area contributed by atoms with Gasteiger partial charge in [-0.2, -0.15) is 5.10 Å². The highest BCUT2D eigenvalue weighted by Gasteiger charge is 2.31. The van der Waals surface area contributed by atoms with Crippen LogP contribution in [0.25, 0.3) is 11.3 Å². The normalized spacial score (nSPS) is 15.8. The minimum absolute atomic E-state index is 0.0369. The third-order valence-electron chi connectivity index (χ3n) is 5.14. The second-order valence-corrected chi connectivity index (χ2v) is 8.39. The molecule has 0 radical (unpaired) electrons. The Morgan fingerprint density at radius 3 is 2.79 bits per heavy atom. The molecule has 9 heteroatoms. The fraction of sp³-hybridized carbons (Fsp3) is 0.300. The minimum Gasteiger partial charge on any atom is -0.332 e. The van der Waals surface area contributed by atoms with Crippen molar-refractivity contribution in [2.75, 3.05) is 11.9 Å². The van der Waals surface area contributed by atoms with Crippen LogP contribution in [0.15, 0.2) is 30.3 Å². The predicted molar refractivity (Wildman–Crippen MR) is 106 cm³/mol. The van der Waals surface area contributed by atoms with E-state index >= 15 is 0 Å². The van der Waals surface area contributed by atoms with Crippen LogP contribution in [0.5, 0.6) is 0 Å². The molecule has 0 atom stereocenters. The predicted octanol–water partition coefficient (Wildman–Crippen LogP) is 3.22. The van der Waals surface area contributed by atoms with Crippen LogP contribution in [-0.4, -0.2) is 38.4 Å². The standard InChI is InChI=1S/C20H18FN5O2S/c21-13-5-3-11(4-6-13)15-9-16(25-24-15)19(28)26-8-7-14-17(10-26)29-20(22-14)23-18(27)12-1-2-12/h3-6,9,12H,1-2,7-8,10H2,(H,24,25)(H,22,23,27). The van der Waals surface area contributed by atoms with Crippen molar-refractivity contribution in [2.24, 2.45) is 5.92 Å². The van der Waals surface area contributed by atoms with Crippen LogP contribution in [0.3, 0.4) is 0 Å². The quantitative estimate of drug-likeness (QED) is 0.690. The molecule has 2 N–H and O–H groups in total. The van der Waals surface area contributed by atoms with Crippen LogP contribution >= 0.6 is 11.3 Å². The van der Waals surface area contributed by atoms with Gasteiger partial charge in [-0.15, -0.1) is 0 Å². The van der Waals surface area contributed by atoms with E-state index in [-0.39, 0.29) is 23.5 Å². The van der Waals surface area contributed by atoms with Crippen molar-refractivity contribution in [3.8, 4) is 11.3 Å². The lowest BCUT2D eigenvalue weighted by atomic mass is 10.1. The molecule has 0 spiro atoms. The van der Waals surface area contributed by atoms with Crippen molar-refractivity contribution in [3.05, 3.63) is 52.4 Å². The van der Waals surface area contributed by atoms with E-state index in [4.69, 9.17) is 0 Å². The molecule has 7 nitrogen and oxygen atoms in total. The smallest absolute Gasteiger partial charge is 0.272 e. The lowest BCUT2D eigenvalue weighted by Gasteiger charge is -2.25. The molecule has 3 heterocycles. The van der Waals surface area contributed by atoms with Crippen molar-refractivity contribution < 1.29 is 14.0 Å². The van der Waals surface area contributed by atoms with E-state index in [0.29, 0.717) is 36.0 Å². The lowest BCUT2D eigenvalue weighted by Crippen LogP contribution is -2.35. The highest BCUT2D eigenvalue weighted by Crippen LogP contribution is 2.33. The summed E-state index contributed by atoms with van der Waals surface area (Å²) in [5.74, 6) is -0.296. The Kier molecular flexibility index (Phi) is 4.39. The van der Waals surface area contributed by atoms with Crippen LogP contribution in [-0.2, 0) is 17.8 Å². The summed E-state index contributed by atoms with van der Waals surface area (Å²) in [6.07, 6.45) is 2.54. The zero-order chi connectivity index (χ0) is 20.0. The first-order valence-corrected chi connectivity index (χ1v) is 10.3. The number of nitrogens with zero attached hydrogens (tertiary/aromatic N) is 3. The maximum Gasteiger partial charge on any atom is 0.272 e. The van der Waals surface area contributed by atoms with Gasteiger partial charge in [0, 0.05) is 29.3 Å². The van der Waals surface area contributed by atoms with E-state index in [1.54, 1.807) is 23.1 Å². The van der Waals surface area contributed by atoms with Crippen LogP contribution in [0.1, 0.15) is 33.9 Å². The second kappa shape index (κ2) is 7.07. The first-order valence-electron chi connectivity index (χ1n) is 9.47. The summed E-state index contributed by atoms with van der Waals surface area (Å²) < 4.78 is 13.1. The number of hydrogen-bond acceptors (Lipinski definition) is 5. The van der Waals surface area contributed by atoms with E-state index in [9.17, 15) is 14.0 Å². The van der Waals surface area contributed by atoms with E-state index in [1.807, 2.05) is 0 Å². The number of hydrogen-bond donors (Lipinski definition) is 2. The molecule has 1 aromatic carbocycles. The molecule has 1 aliphatic carbocycles. The maximum atomic E-state index is 13.1. The van der Waals surface area contributed by atoms with Gasteiger partial charge in [0.25, 0.3) is 5.91 Å². The molecule has 0 saturated heterocycles. The molecule has 0 bridgehead atoms. The van der Waals surface area contributed by atoms with Gasteiger partial charge in [-0.05, 0) is 43.2 Å². The number of nitrogens with one attached hydrogen (secondary N) is 2. The van der Waals surface area contributed by atoms with Gasteiger partial charge in [-0.25, -0.2) is 9.37 Å². The minimum atomic E-state index is -0.318. The fourth-order valence-corrected chi connectivity index (χ4v) is 4.37. The van der Waals surface area contributed by atoms with Crippen molar-refractivity contribution in [2.45, 2.75) is 25.8 Å². The average molecular weight is 411 g/mol. The van der Waals surface area contributed by atoms with E-state index in [1.165, 1.54) is 23.5 Å². The lowest BCUT2D eigenvalue weighted by molar-refractivity contribution is -0.117. The van der Waals surface area contributed by atoms with E-state index in [2.05, 4.69) is 20.5 Å². The van der Waals surface area contributed by atoms with Gasteiger partial charge in [-0.3, -0.25) is 14.7 Å². The highest BCUT2D eigenvalue weighted by molar-refractivity contribution is 7.15. The number of rotatable bonds is 4. The van der Waals surface area contributed by atoms with Gasteiger partial charge >= 0.3 is 0 Å². The molecule has 29 heavy (non-hydrogen) atoms. The number of amides is 2. The van der Waals surface area contributed by atoms with Gasteiger partial charge < -0.3 is 10.2 Å². The van der Waals surface area contributed by atoms with Gasteiger partial charge in [0.15, 0.2) is 5.13 Å². The number of benzene rings is 1. The SMILES string of the molecule is O=C(Nc1nc2c(s1)CN(C(=O)c1cc(-c3ccc(F)cc3)n[nH]1)CC2)C1CC1. The summed E-state index contributed by atoms with van der Waals surface area (Å²) in [6, 6.07) is 7.66. The first kappa shape index (κ1) is 18.0. The zero-order valence-corrected chi connectivity index (χ0v) is 16.3. The van der Waals surface area contributed by atoms with Gasteiger partial charge in [-0.1, -0.05) is 11.3 Å². The molecule has 1 aliphatic heterocycles. The molecular weight excluding hydrogens is 393 g/mol. The molecule has 1 saturated carbocycles. The van der Waals surface area contributed by atoms with Crippen molar-refractivity contribution in [1.29, 1.82) is 0 Å². The monoisotopic (exact) mass is 411 g/mol. The average Bonchev–Trinajstić information content (AvgIpc) is 3.32. The van der Waals surface area contributed by atoms with Gasteiger partial charge in [0.2, 0.25) is 5.91 Å². The molecular formula is C20H18FN5O2S. The largest absolute Gasteiger partial charge is 0.332 e. The summed E-state index contributed by atoms with van der Waals surface area (Å²) in [5, 5.41) is 10.5. The molecule has 0 unspecified atom stereocenters. The number of carbonyl (C=O) groups is 2. The molecule has 1 fully saturated rings.